The SMILES string of the molecule is O=C(NCc1ccc(Br)cc1F)[C@H]1[C@H](C(=O)NC2CCNCC2(F)F)[C@@H]2CC[C@@H]1C21CC1. The minimum Gasteiger partial charge on any atom is -0.352 e. The van der Waals surface area contributed by atoms with Gasteiger partial charge in [-0.05, 0) is 68.0 Å². The Morgan fingerprint density at radius 3 is 2.41 bits per heavy atom. The van der Waals surface area contributed by atoms with Crippen molar-refractivity contribution >= 4 is 27.7 Å². The molecule has 1 saturated heterocycles. The van der Waals surface area contributed by atoms with Gasteiger partial charge in [0.05, 0.1) is 24.4 Å². The number of alkyl halides is 2. The van der Waals surface area contributed by atoms with Crippen LogP contribution in [0.5, 0.6) is 0 Å². The number of hydrogen-bond donors (Lipinski definition) is 3. The van der Waals surface area contributed by atoms with Gasteiger partial charge in [0.1, 0.15) is 5.82 Å². The molecule has 1 aliphatic heterocycles. The normalized spacial score (nSPS) is 33.8. The van der Waals surface area contributed by atoms with Crippen LogP contribution in [0.25, 0.3) is 0 Å². The molecule has 5 rings (SSSR count). The van der Waals surface area contributed by atoms with Crippen molar-refractivity contribution in [1.82, 2.24) is 16.0 Å². The summed E-state index contributed by atoms with van der Waals surface area (Å²) < 4.78 is 43.4. The van der Waals surface area contributed by atoms with E-state index >= 15 is 0 Å². The van der Waals surface area contributed by atoms with E-state index in [0.29, 0.717) is 16.6 Å². The topological polar surface area (TPSA) is 70.2 Å². The molecule has 1 aromatic rings. The average molecular weight is 514 g/mol. The second kappa shape index (κ2) is 8.01. The van der Waals surface area contributed by atoms with Crippen molar-refractivity contribution in [3.8, 4) is 0 Å². The van der Waals surface area contributed by atoms with Crippen LogP contribution in [0.1, 0.15) is 37.7 Å². The molecule has 0 radical (unpaired) electrons. The molecule has 3 aliphatic carbocycles. The summed E-state index contributed by atoms with van der Waals surface area (Å²) in [7, 11) is 0. The predicted molar refractivity (Wildman–Crippen MR) is 115 cm³/mol. The van der Waals surface area contributed by atoms with Gasteiger partial charge in [-0.15, -0.1) is 0 Å². The number of amides is 2. The first-order chi connectivity index (χ1) is 15.2. The van der Waals surface area contributed by atoms with Crippen LogP contribution in [0.2, 0.25) is 0 Å². The lowest BCUT2D eigenvalue weighted by atomic mass is 9.78. The van der Waals surface area contributed by atoms with Crippen molar-refractivity contribution in [2.75, 3.05) is 13.1 Å². The van der Waals surface area contributed by atoms with Crippen LogP contribution in [0, 0.1) is 34.9 Å². The van der Waals surface area contributed by atoms with Gasteiger partial charge in [-0.1, -0.05) is 22.0 Å². The van der Waals surface area contributed by atoms with Gasteiger partial charge in [-0.25, -0.2) is 13.2 Å². The van der Waals surface area contributed by atoms with Crippen molar-refractivity contribution in [3.63, 3.8) is 0 Å². The third-order valence-electron chi connectivity index (χ3n) is 8.22. The third-order valence-corrected chi connectivity index (χ3v) is 8.71. The summed E-state index contributed by atoms with van der Waals surface area (Å²) >= 11 is 3.22. The van der Waals surface area contributed by atoms with E-state index in [2.05, 4.69) is 31.9 Å². The van der Waals surface area contributed by atoms with Gasteiger partial charge in [0.2, 0.25) is 11.8 Å². The Morgan fingerprint density at radius 1 is 1.09 bits per heavy atom. The molecule has 1 unspecified atom stereocenters. The van der Waals surface area contributed by atoms with Crippen molar-refractivity contribution < 1.29 is 22.8 Å². The number of hydrogen-bond acceptors (Lipinski definition) is 3. The largest absolute Gasteiger partial charge is 0.352 e. The molecule has 1 aromatic carbocycles. The Labute approximate surface area is 193 Å². The van der Waals surface area contributed by atoms with Gasteiger partial charge in [0.25, 0.3) is 5.92 Å². The van der Waals surface area contributed by atoms with Crippen LogP contribution in [-0.2, 0) is 16.1 Å². The van der Waals surface area contributed by atoms with Gasteiger partial charge >= 0.3 is 0 Å². The first kappa shape index (κ1) is 22.2. The summed E-state index contributed by atoms with van der Waals surface area (Å²) in [6.07, 6.45) is 3.87. The van der Waals surface area contributed by atoms with Crippen molar-refractivity contribution in [2.45, 2.75) is 50.6 Å². The molecule has 174 valence electrons. The monoisotopic (exact) mass is 513 g/mol. The van der Waals surface area contributed by atoms with E-state index in [0.717, 1.165) is 25.7 Å². The molecule has 1 heterocycles. The smallest absolute Gasteiger partial charge is 0.280 e. The fraction of sp³-hybridized carbons (Fsp3) is 0.652. The molecular weight excluding hydrogens is 487 g/mol. The zero-order valence-electron chi connectivity index (χ0n) is 17.6. The van der Waals surface area contributed by atoms with E-state index in [1.165, 1.54) is 6.07 Å². The van der Waals surface area contributed by atoms with E-state index in [4.69, 9.17) is 0 Å². The van der Waals surface area contributed by atoms with Crippen LogP contribution in [0.15, 0.2) is 22.7 Å². The van der Waals surface area contributed by atoms with Gasteiger partial charge in [-0.2, -0.15) is 0 Å². The standard InChI is InChI=1S/C23H27BrF3N3O2/c24-13-2-1-12(16(25)9-13)10-29-20(31)18-14-3-4-15(22(14)6-7-22)19(18)21(32)30-17-5-8-28-11-23(17,26)27/h1-2,9,14-15,17-19,28H,3-8,10-11H2,(H,29,31)(H,30,32)/t14-,15-,17?,18+,19+/m0/s1. The van der Waals surface area contributed by atoms with Crippen LogP contribution >= 0.6 is 15.9 Å². The number of nitrogens with one attached hydrogen (secondary N) is 3. The molecule has 3 N–H and O–H groups in total. The average Bonchev–Trinajstić information content (AvgIpc) is 3.41. The Balaban J connectivity index is 1.33. The van der Waals surface area contributed by atoms with Crippen LogP contribution < -0.4 is 16.0 Å². The second-order valence-electron chi connectivity index (χ2n) is 9.82. The molecule has 32 heavy (non-hydrogen) atoms. The Hall–Kier alpha value is -1.61. The molecule has 2 bridgehead atoms. The molecule has 5 nitrogen and oxygen atoms in total. The highest BCUT2D eigenvalue weighted by atomic mass is 79.9. The quantitative estimate of drug-likeness (QED) is 0.565. The van der Waals surface area contributed by atoms with Crippen LogP contribution in [0.4, 0.5) is 13.2 Å². The number of rotatable bonds is 5. The van der Waals surface area contributed by atoms with Crippen molar-refractivity contribution in [1.29, 1.82) is 0 Å². The highest BCUT2D eigenvalue weighted by Gasteiger charge is 2.71. The fourth-order valence-corrected chi connectivity index (χ4v) is 6.94. The van der Waals surface area contributed by atoms with Crippen LogP contribution in [-0.4, -0.2) is 36.9 Å². The van der Waals surface area contributed by atoms with Gasteiger partial charge < -0.3 is 16.0 Å². The lowest BCUT2D eigenvalue weighted by molar-refractivity contribution is -0.140. The maximum absolute atomic E-state index is 14.3. The zero-order valence-corrected chi connectivity index (χ0v) is 19.2. The molecular formula is C23H27BrF3N3O2. The highest BCUT2D eigenvalue weighted by Crippen LogP contribution is 2.74. The van der Waals surface area contributed by atoms with E-state index in [-0.39, 0.29) is 36.1 Å². The highest BCUT2D eigenvalue weighted by molar-refractivity contribution is 9.10. The lowest BCUT2D eigenvalue weighted by Gasteiger charge is -2.35. The Morgan fingerprint density at radius 2 is 1.78 bits per heavy atom. The lowest BCUT2D eigenvalue weighted by Crippen LogP contribution is -2.59. The van der Waals surface area contributed by atoms with E-state index in [1.54, 1.807) is 12.1 Å². The summed E-state index contributed by atoms with van der Waals surface area (Å²) in [5.74, 6) is -5.14. The molecule has 4 fully saturated rings. The Bertz CT molecular complexity index is 939. The molecule has 9 heteroatoms. The van der Waals surface area contributed by atoms with Gasteiger partial charge in [0, 0.05) is 16.6 Å². The molecule has 2 amide bonds. The number of carbonyl (C=O) groups excluding carboxylic acids is 2. The summed E-state index contributed by atoms with van der Waals surface area (Å²) in [5.41, 5.74) is 0.366. The molecule has 1 spiro atoms. The number of halogens is 4. The molecule has 3 saturated carbocycles. The van der Waals surface area contributed by atoms with E-state index < -0.39 is 42.1 Å². The van der Waals surface area contributed by atoms with Crippen molar-refractivity contribution in [3.05, 3.63) is 34.1 Å². The second-order valence-corrected chi connectivity index (χ2v) is 10.7. The maximum atomic E-state index is 14.3. The number of piperidine rings is 1. The molecule has 5 atom stereocenters. The minimum absolute atomic E-state index is 0.00348. The Kier molecular flexibility index (Phi) is 5.55. The first-order valence-corrected chi connectivity index (χ1v) is 12.1. The fourth-order valence-electron chi connectivity index (χ4n) is 6.61. The van der Waals surface area contributed by atoms with Crippen molar-refractivity contribution in [2.24, 2.45) is 29.1 Å². The minimum atomic E-state index is -3.01. The maximum Gasteiger partial charge on any atom is 0.280 e. The number of benzene rings is 1. The third kappa shape index (κ3) is 3.65. The zero-order chi connectivity index (χ0) is 22.7. The van der Waals surface area contributed by atoms with E-state index in [9.17, 15) is 22.8 Å². The molecule has 0 aromatic heterocycles. The van der Waals surface area contributed by atoms with Gasteiger partial charge in [0.15, 0.2) is 0 Å². The summed E-state index contributed by atoms with van der Waals surface area (Å²) in [5, 5.41) is 8.09. The summed E-state index contributed by atoms with van der Waals surface area (Å²) in [6.45, 7) is -0.00925. The van der Waals surface area contributed by atoms with Gasteiger partial charge in [-0.3, -0.25) is 9.59 Å². The van der Waals surface area contributed by atoms with Crippen LogP contribution in [0.3, 0.4) is 0 Å². The van der Waals surface area contributed by atoms with E-state index in [1.807, 2.05) is 0 Å². The number of carbonyl (C=O) groups is 2. The molecule has 4 aliphatic rings. The first-order valence-electron chi connectivity index (χ1n) is 11.3. The predicted octanol–water partition coefficient (Wildman–Crippen LogP) is 3.37. The summed E-state index contributed by atoms with van der Waals surface area (Å²) in [4.78, 5) is 26.5. The summed E-state index contributed by atoms with van der Waals surface area (Å²) in [6, 6.07) is 3.43.